The van der Waals surface area contributed by atoms with Crippen molar-refractivity contribution in [3.63, 3.8) is 0 Å². The summed E-state index contributed by atoms with van der Waals surface area (Å²) in [5, 5.41) is 0. The van der Waals surface area contributed by atoms with Crippen LogP contribution < -0.4 is 4.74 Å². The molecule has 0 N–H and O–H groups in total. The molecular weight excluding hydrogens is 317 g/mol. The van der Waals surface area contributed by atoms with E-state index in [0.29, 0.717) is 6.07 Å². The van der Waals surface area contributed by atoms with Crippen LogP contribution in [0.25, 0.3) is 0 Å². The number of hydrogen-bond acceptors (Lipinski definition) is 1. The van der Waals surface area contributed by atoms with E-state index < -0.39 is 18.5 Å². The Balaban J connectivity index is 3.26. The fourth-order valence-corrected chi connectivity index (χ4v) is 1.52. The van der Waals surface area contributed by atoms with Crippen LogP contribution in [-0.2, 0) is 0 Å². The largest absolute Gasteiger partial charge is 0.459 e. The predicted octanol–water partition coefficient (Wildman–Crippen LogP) is 3.80. The first-order valence-corrected chi connectivity index (χ1v) is 4.68. The van der Waals surface area contributed by atoms with Crippen LogP contribution in [0, 0.1) is 11.6 Å². The van der Waals surface area contributed by atoms with Gasteiger partial charge in [-0.3, -0.25) is 0 Å². The van der Waals surface area contributed by atoms with Gasteiger partial charge in [-0.1, -0.05) is 0 Å². The smallest absolute Gasteiger partial charge is 0.228 e. The molecular formula is C7H3Br2F3O. The van der Waals surface area contributed by atoms with Gasteiger partial charge in [-0.2, -0.15) is 0 Å². The molecule has 0 spiro atoms. The zero-order valence-electron chi connectivity index (χ0n) is 6.08. The van der Waals surface area contributed by atoms with E-state index in [1.165, 1.54) is 0 Å². The second kappa shape index (κ2) is 4.32. The lowest BCUT2D eigenvalue weighted by atomic mass is 10.3. The zero-order valence-corrected chi connectivity index (χ0v) is 9.25. The molecule has 0 radical (unpaired) electrons. The van der Waals surface area contributed by atoms with Crippen molar-refractivity contribution < 1.29 is 17.9 Å². The number of benzene rings is 1. The topological polar surface area (TPSA) is 9.23 Å². The highest BCUT2D eigenvalue weighted by molar-refractivity contribution is 9.13. The standard InChI is InChI=1S/C7H3Br2F3O/c8-5-3(11)1-4(12)7(6(5)9)13-2-10/h1H,2H2. The maximum absolute atomic E-state index is 12.9. The maximum atomic E-state index is 12.9. The van der Waals surface area contributed by atoms with Crippen LogP contribution >= 0.6 is 31.9 Å². The minimum absolute atomic E-state index is 0.00245. The Hall–Kier alpha value is -0.230. The molecule has 0 saturated carbocycles. The van der Waals surface area contributed by atoms with Gasteiger partial charge in [0.05, 0.1) is 8.95 Å². The summed E-state index contributed by atoms with van der Waals surface area (Å²) in [5.41, 5.74) is 0. The average molecular weight is 320 g/mol. The molecule has 0 atom stereocenters. The Kier molecular flexibility index (Phi) is 3.61. The van der Waals surface area contributed by atoms with Gasteiger partial charge in [0.25, 0.3) is 0 Å². The van der Waals surface area contributed by atoms with Crippen LogP contribution in [0.3, 0.4) is 0 Å². The molecule has 0 aliphatic carbocycles. The molecule has 0 aliphatic heterocycles. The fraction of sp³-hybridized carbons (Fsp3) is 0.143. The summed E-state index contributed by atoms with van der Waals surface area (Å²) < 4.78 is 41.8. The van der Waals surface area contributed by atoms with Crippen LogP contribution in [0.2, 0.25) is 0 Å². The Morgan fingerprint density at radius 1 is 1.15 bits per heavy atom. The van der Waals surface area contributed by atoms with Crippen molar-refractivity contribution >= 4 is 31.9 Å². The van der Waals surface area contributed by atoms with Crippen molar-refractivity contribution in [2.75, 3.05) is 6.86 Å². The molecule has 0 aromatic heterocycles. The minimum Gasteiger partial charge on any atom is -0.459 e. The summed E-state index contributed by atoms with van der Waals surface area (Å²) in [6, 6.07) is 0.611. The number of halogens is 5. The van der Waals surface area contributed by atoms with Gasteiger partial charge in [0.15, 0.2) is 11.6 Å². The van der Waals surface area contributed by atoms with E-state index in [1.54, 1.807) is 0 Å². The average Bonchev–Trinajstić information content (AvgIpc) is 2.09. The minimum atomic E-state index is -1.17. The second-order valence-electron chi connectivity index (χ2n) is 2.05. The summed E-state index contributed by atoms with van der Waals surface area (Å²) in [5.74, 6) is -2.09. The van der Waals surface area contributed by atoms with Gasteiger partial charge in [-0.25, -0.2) is 13.2 Å². The third-order valence-electron chi connectivity index (χ3n) is 1.27. The van der Waals surface area contributed by atoms with E-state index in [4.69, 9.17) is 0 Å². The first kappa shape index (κ1) is 10.8. The van der Waals surface area contributed by atoms with Gasteiger partial charge >= 0.3 is 0 Å². The third kappa shape index (κ3) is 2.17. The lowest BCUT2D eigenvalue weighted by Gasteiger charge is -2.07. The highest BCUT2D eigenvalue weighted by Gasteiger charge is 2.16. The molecule has 1 rings (SSSR count). The van der Waals surface area contributed by atoms with Gasteiger partial charge in [0, 0.05) is 6.07 Å². The van der Waals surface area contributed by atoms with E-state index in [0.717, 1.165) is 0 Å². The van der Waals surface area contributed by atoms with Gasteiger partial charge in [0.2, 0.25) is 6.86 Å². The van der Waals surface area contributed by atoms with Gasteiger partial charge in [-0.15, -0.1) is 0 Å². The number of ether oxygens (including phenoxy) is 1. The molecule has 1 aromatic carbocycles. The number of hydrogen-bond donors (Lipinski definition) is 0. The number of rotatable bonds is 2. The van der Waals surface area contributed by atoms with Gasteiger partial charge < -0.3 is 4.74 Å². The van der Waals surface area contributed by atoms with E-state index >= 15 is 0 Å². The monoisotopic (exact) mass is 318 g/mol. The zero-order chi connectivity index (χ0) is 10.0. The van der Waals surface area contributed by atoms with Crippen molar-refractivity contribution in [2.45, 2.75) is 0 Å². The van der Waals surface area contributed by atoms with Gasteiger partial charge in [0.1, 0.15) is 5.82 Å². The second-order valence-corrected chi connectivity index (χ2v) is 3.64. The number of alkyl halides is 1. The Labute approximate surface area is 89.1 Å². The molecule has 0 unspecified atom stereocenters. The molecule has 13 heavy (non-hydrogen) atoms. The van der Waals surface area contributed by atoms with Crippen molar-refractivity contribution in [3.8, 4) is 5.75 Å². The first-order valence-electron chi connectivity index (χ1n) is 3.09. The van der Waals surface area contributed by atoms with E-state index in [-0.39, 0.29) is 14.7 Å². The van der Waals surface area contributed by atoms with Crippen molar-refractivity contribution in [3.05, 3.63) is 26.6 Å². The Morgan fingerprint density at radius 2 is 1.77 bits per heavy atom. The van der Waals surface area contributed by atoms with Crippen LogP contribution in [0.1, 0.15) is 0 Å². The molecule has 0 bridgehead atoms. The molecule has 1 nitrogen and oxygen atoms in total. The van der Waals surface area contributed by atoms with Crippen LogP contribution in [0.4, 0.5) is 13.2 Å². The first-order chi connectivity index (χ1) is 6.07. The lowest BCUT2D eigenvalue weighted by molar-refractivity contribution is 0.182. The summed E-state index contributed by atoms with van der Waals surface area (Å²) in [6.45, 7) is -1.17. The molecule has 0 saturated heterocycles. The molecule has 0 fully saturated rings. The normalized spacial score (nSPS) is 10.2. The van der Waals surface area contributed by atoms with Crippen LogP contribution in [0.5, 0.6) is 5.75 Å². The fourth-order valence-electron chi connectivity index (χ4n) is 0.736. The molecule has 0 heterocycles. The van der Waals surface area contributed by atoms with Crippen LogP contribution in [0.15, 0.2) is 15.0 Å². The highest BCUT2D eigenvalue weighted by atomic mass is 79.9. The van der Waals surface area contributed by atoms with Crippen molar-refractivity contribution in [1.82, 2.24) is 0 Å². The molecule has 1 aromatic rings. The summed E-state index contributed by atoms with van der Waals surface area (Å²) >= 11 is 5.71. The van der Waals surface area contributed by atoms with Gasteiger partial charge in [-0.05, 0) is 31.9 Å². The van der Waals surface area contributed by atoms with Crippen molar-refractivity contribution in [2.24, 2.45) is 0 Å². The summed E-state index contributed by atoms with van der Waals surface area (Å²) in [6.07, 6.45) is 0. The van der Waals surface area contributed by atoms with E-state index in [2.05, 4.69) is 36.6 Å². The summed E-state index contributed by atoms with van der Waals surface area (Å²) in [4.78, 5) is 0. The van der Waals surface area contributed by atoms with E-state index in [9.17, 15) is 13.2 Å². The quantitative estimate of drug-likeness (QED) is 0.595. The van der Waals surface area contributed by atoms with E-state index in [1.807, 2.05) is 0 Å². The predicted molar refractivity (Wildman–Crippen MR) is 48.4 cm³/mol. The molecule has 72 valence electrons. The SMILES string of the molecule is FCOc1c(F)cc(F)c(Br)c1Br. The molecule has 6 heteroatoms. The Bertz CT molecular complexity index is 330. The van der Waals surface area contributed by atoms with Crippen LogP contribution in [-0.4, -0.2) is 6.86 Å². The lowest BCUT2D eigenvalue weighted by Crippen LogP contribution is -1.96. The Morgan fingerprint density at radius 3 is 2.31 bits per heavy atom. The third-order valence-corrected chi connectivity index (χ3v) is 3.33. The maximum Gasteiger partial charge on any atom is 0.228 e. The molecule has 0 amide bonds. The highest BCUT2D eigenvalue weighted by Crippen LogP contribution is 2.36. The van der Waals surface area contributed by atoms with Crippen molar-refractivity contribution in [1.29, 1.82) is 0 Å². The summed E-state index contributed by atoms with van der Waals surface area (Å²) in [7, 11) is 0. The molecule has 0 aliphatic rings.